The number of nitrogens with zero attached hydrogens (tertiary/aromatic N) is 2. The van der Waals surface area contributed by atoms with Crippen LogP contribution in [-0.2, 0) is 4.79 Å². The molecule has 9 heteroatoms. The lowest BCUT2D eigenvalue weighted by atomic mass is 9.90. The average Bonchev–Trinajstić information content (AvgIpc) is 3.41. The van der Waals surface area contributed by atoms with Crippen LogP contribution in [0.4, 0.5) is 18.9 Å². The largest absolute Gasteiger partial charge is 0.457 e. The van der Waals surface area contributed by atoms with Gasteiger partial charge in [0.05, 0.1) is 29.1 Å². The standard InChI is InChI=1S/C38H32F3N3O3/c1-2-3-22-44(24-38(39,40)41)37(46)35-29-15-8-7-14-27(29)28-17-11-18-30(34(28)35)32-21-20-25(23-42-32)43-36(45)31-16-9-10-19-33(31)47-26-12-5-4-6-13-26/h4-21,23,35H,2-3,22,24H2,1H3,(H,43,45). The smallest absolute Gasteiger partial charge is 0.406 e. The molecule has 0 fully saturated rings. The molecule has 1 aromatic heterocycles. The van der Waals surface area contributed by atoms with E-state index in [4.69, 9.17) is 4.74 Å². The van der Waals surface area contributed by atoms with Crippen LogP contribution in [0.5, 0.6) is 11.5 Å². The fraction of sp³-hybridized carbons (Fsp3) is 0.184. The van der Waals surface area contributed by atoms with Gasteiger partial charge in [0, 0.05) is 12.1 Å². The first-order valence-electron chi connectivity index (χ1n) is 15.4. The normalized spacial score (nSPS) is 13.4. The number of halogens is 3. The van der Waals surface area contributed by atoms with Crippen molar-refractivity contribution in [3.05, 3.63) is 132 Å². The summed E-state index contributed by atoms with van der Waals surface area (Å²) >= 11 is 0. The molecule has 0 spiro atoms. The summed E-state index contributed by atoms with van der Waals surface area (Å²) in [5.41, 5.74) is 4.83. The Labute approximate surface area is 270 Å². The number of pyridine rings is 1. The third kappa shape index (κ3) is 6.89. The lowest BCUT2D eigenvalue weighted by Crippen LogP contribution is -2.42. The second-order valence-corrected chi connectivity index (χ2v) is 11.3. The molecule has 0 saturated heterocycles. The molecule has 1 N–H and O–H groups in total. The van der Waals surface area contributed by atoms with Gasteiger partial charge < -0.3 is 15.0 Å². The summed E-state index contributed by atoms with van der Waals surface area (Å²) in [6.07, 6.45) is -1.89. The lowest BCUT2D eigenvalue weighted by molar-refractivity contribution is -0.161. The van der Waals surface area contributed by atoms with E-state index in [1.807, 2.05) is 55.5 Å². The molecule has 1 aliphatic rings. The van der Waals surface area contributed by atoms with Crippen molar-refractivity contribution in [2.24, 2.45) is 0 Å². The van der Waals surface area contributed by atoms with Gasteiger partial charge in [-0.1, -0.05) is 86.1 Å². The van der Waals surface area contributed by atoms with Crippen molar-refractivity contribution in [2.75, 3.05) is 18.4 Å². The quantitative estimate of drug-likeness (QED) is 0.166. The summed E-state index contributed by atoms with van der Waals surface area (Å²) in [7, 11) is 0. The van der Waals surface area contributed by atoms with E-state index in [1.54, 1.807) is 60.7 Å². The zero-order chi connectivity index (χ0) is 33.0. The summed E-state index contributed by atoms with van der Waals surface area (Å²) in [5.74, 6) is -0.896. The van der Waals surface area contributed by atoms with E-state index in [-0.39, 0.29) is 12.5 Å². The van der Waals surface area contributed by atoms with Crippen LogP contribution >= 0.6 is 0 Å². The number of rotatable bonds is 10. The van der Waals surface area contributed by atoms with Crippen LogP contribution in [0.3, 0.4) is 0 Å². The second kappa shape index (κ2) is 13.5. The Morgan fingerprint density at radius 1 is 0.830 bits per heavy atom. The van der Waals surface area contributed by atoms with Crippen LogP contribution in [0, 0.1) is 0 Å². The number of carbonyl (C=O) groups is 2. The topological polar surface area (TPSA) is 71.5 Å². The summed E-state index contributed by atoms with van der Waals surface area (Å²) in [4.78, 5) is 32.9. The third-order valence-electron chi connectivity index (χ3n) is 8.07. The minimum atomic E-state index is -4.53. The molecule has 0 radical (unpaired) electrons. The Morgan fingerprint density at radius 3 is 2.28 bits per heavy atom. The van der Waals surface area contributed by atoms with E-state index >= 15 is 0 Å². The molecule has 1 unspecified atom stereocenters. The van der Waals surface area contributed by atoms with E-state index in [2.05, 4.69) is 10.3 Å². The summed E-state index contributed by atoms with van der Waals surface area (Å²) in [6.45, 7) is 0.578. The number of fused-ring (bicyclic) bond motifs is 3. The third-order valence-corrected chi connectivity index (χ3v) is 8.07. The Bertz CT molecular complexity index is 1890. The van der Waals surface area contributed by atoms with Gasteiger partial charge in [-0.25, -0.2) is 0 Å². The second-order valence-electron chi connectivity index (χ2n) is 11.3. The summed E-state index contributed by atoms with van der Waals surface area (Å²) < 4.78 is 46.8. The van der Waals surface area contributed by atoms with E-state index in [9.17, 15) is 22.8 Å². The maximum atomic E-state index is 14.0. The number of nitrogens with one attached hydrogen (secondary N) is 1. The molecule has 5 aromatic rings. The van der Waals surface area contributed by atoms with Gasteiger partial charge in [0.25, 0.3) is 5.91 Å². The van der Waals surface area contributed by atoms with Gasteiger partial charge in [0.1, 0.15) is 18.0 Å². The average molecular weight is 636 g/mol. The fourth-order valence-corrected chi connectivity index (χ4v) is 5.94. The predicted molar refractivity (Wildman–Crippen MR) is 175 cm³/mol. The number of hydrogen-bond donors (Lipinski definition) is 1. The number of para-hydroxylation sites is 2. The van der Waals surface area contributed by atoms with Crippen molar-refractivity contribution in [2.45, 2.75) is 31.9 Å². The van der Waals surface area contributed by atoms with Gasteiger partial charge in [-0.2, -0.15) is 13.2 Å². The van der Waals surface area contributed by atoms with Gasteiger partial charge in [0.15, 0.2) is 0 Å². The number of alkyl halides is 3. The first-order chi connectivity index (χ1) is 22.7. The molecule has 238 valence electrons. The number of amides is 2. The summed E-state index contributed by atoms with van der Waals surface area (Å²) in [5, 5.41) is 2.86. The number of aromatic nitrogens is 1. The highest BCUT2D eigenvalue weighted by Crippen LogP contribution is 2.49. The number of ether oxygens (including phenoxy) is 1. The SMILES string of the molecule is CCCCN(CC(F)(F)F)C(=O)C1c2ccccc2-c2cccc(-c3ccc(NC(=O)c4ccccc4Oc4ccccc4)cn3)c21. The summed E-state index contributed by atoms with van der Waals surface area (Å²) in [6, 6.07) is 32.4. The Kier molecular flexibility index (Phi) is 9.06. The van der Waals surface area contributed by atoms with Crippen molar-refractivity contribution in [3.63, 3.8) is 0 Å². The molecular formula is C38H32F3N3O3. The molecule has 0 bridgehead atoms. The van der Waals surface area contributed by atoms with Crippen LogP contribution in [0.25, 0.3) is 22.4 Å². The first-order valence-corrected chi connectivity index (χ1v) is 15.4. The van der Waals surface area contributed by atoms with Gasteiger partial charge in [-0.15, -0.1) is 0 Å². The van der Waals surface area contributed by atoms with Gasteiger partial charge in [-0.05, 0) is 65.1 Å². The van der Waals surface area contributed by atoms with Crippen molar-refractivity contribution < 1.29 is 27.5 Å². The monoisotopic (exact) mass is 635 g/mol. The zero-order valence-electron chi connectivity index (χ0n) is 25.6. The van der Waals surface area contributed by atoms with Crippen molar-refractivity contribution in [1.29, 1.82) is 0 Å². The molecule has 47 heavy (non-hydrogen) atoms. The first kappa shape index (κ1) is 31.5. The molecule has 1 atom stereocenters. The number of benzene rings is 4. The molecule has 1 aliphatic carbocycles. The van der Waals surface area contributed by atoms with Gasteiger partial charge in [-0.3, -0.25) is 14.6 Å². The van der Waals surface area contributed by atoms with Crippen molar-refractivity contribution in [3.8, 4) is 33.9 Å². The lowest BCUT2D eigenvalue weighted by Gasteiger charge is -2.28. The van der Waals surface area contributed by atoms with E-state index < -0.39 is 24.5 Å². The van der Waals surface area contributed by atoms with Crippen LogP contribution in [0.15, 0.2) is 115 Å². The minimum Gasteiger partial charge on any atom is -0.457 e. The Hall–Kier alpha value is -5.44. The van der Waals surface area contributed by atoms with Crippen molar-refractivity contribution in [1.82, 2.24) is 9.88 Å². The zero-order valence-corrected chi connectivity index (χ0v) is 25.6. The molecular weight excluding hydrogens is 603 g/mol. The van der Waals surface area contributed by atoms with Crippen LogP contribution < -0.4 is 10.1 Å². The van der Waals surface area contributed by atoms with E-state index in [0.717, 1.165) is 16.0 Å². The van der Waals surface area contributed by atoms with Crippen molar-refractivity contribution >= 4 is 17.5 Å². The number of anilines is 1. The number of carbonyl (C=O) groups excluding carboxylic acids is 2. The molecule has 6 rings (SSSR count). The highest BCUT2D eigenvalue weighted by atomic mass is 19.4. The highest BCUT2D eigenvalue weighted by Gasteiger charge is 2.41. The predicted octanol–water partition coefficient (Wildman–Crippen LogP) is 9.10. The van der Waals surface area contributed by atoms with Crippen LogP contribution in [0.2, 0.25) is 0 Å². The van der Waals surface area contributed by atoms with Crippen LogP contribution in [0.1, 0.15) is 47.2 Å². The number of unbranched alkanes of at least 4 members (excludes halogenated alkanes) is 1. The Balaban J connectivity index is 1.30. The van der Waals surface area contributed by atoms with Gasteiger partial charge >= 0.3 is 6.18 Å². The maximum Gasteiger partial charge on any atom is 0.406 e. The molecule has 2 amide bonds. The molecule has 4 aromatic carbocycles. The molecule has 0 aliphatic heterocycles. The molecule has 1 heterocycles. The Morgan fingerprint density at radius 2 is 1.53 bits per heavy atom. The minimum absolute atomic E-state index is 0.0111. The highest BCUT2D eigenvalue weighted by molar-refractivity contribution is 6.06. The van der Waals surface area contributed by atoms with E-state index in [0.29, 0.717) is 58.0 Å². The fourth-order valence-electron chi connectivity index (χ4n) is 5.94. The molecule has 6 nitrogen and oxygen atoms in total. The van der Waals surface area contributed by atoms with Crippen LogP contribution in [-0.4, -0.2) is 41.0 Å². The number of hydrogen-bond acceptors (Lipinski definition) is 4. The van der Waals surface area contributed by atoms with E-state index in [1.165, 1.54) is 6.20 Å². The van der Waals surface area contributed by atoms with Gasteiger partial charge in [0.2, 0.25) is 5.91 Å². The molecule has 0 saturated carbocycles. The maximum absolute atomic E-state index is 14.0.